The van der Waals surface area contributed by atoms with Crippen LogP contribution in [-0.4, -0.2) is 89.2 Å². The summed E-state index contributed by atoms with van der Waals surface area (Å²) < 4.78 is 28.4. The molecule has 1 aliphatic rings. The quantitative estimate of drug-likeness (QED) is 0.0228. The van der Waals surface area contributed by atoms with E-state index in [-0.39, 0.29) is 25.9 Å². The number of esters is 3. The van der Waals surface area contributed by atoms with Crippen LogP contribution in [0.15, 0.2) is 85.1 Å². The molecule has 0 bridgehead atoms. The van der Waals surface area contributed by atoms with Crippen molar-refractivity contribution >= 4 is 23.9 Å². The first-order chi connectivity index (χ1) is 37.6. The number of aliphatic hydroxyl groups excluding tert-OH is 2. The number of unbranched alkanes of at least 4 members (excludes halogenated alkanes) is 23. The molecule has 0 radical (unpaired) electrons. The number of carboxylic acid groups (broad SMARTS) is 1. The summed E-state index contributed by atoms with van der Waals surface area (Å²) in [5, 5.41) is 31.5. The number of hydrogen-bond donors (Lipinski definition) is 3. The van der Waals surface area contributed by atoms with Gasteiger partial charge < -0.3 is 39.0 Å². The summed E-state index contributed by atoms with van der Waals surface area (Å²) in [7, 11) is 0. The van der Waals surface area contributed by atoms with Crippen molar-refractivity contribution in [1.29, 1.82) is 0 Å². The Kier molecular flexibility index (Phi) is 48.4. The molecule has 12 nitrogen and oxygen atoms in total. The van der Waals surface area contributed by atoms with Gasteiger partial charge in [0.2, 0.25) is 0 Å². The summed E-state index contributed by atoms with van der Waals surface area (Å²) in [6.07, 6.45) is 55.4. The topological polar surface area (TPSA) is 175 Å². The van der Waals surface area contributed by atoms with Crippen LogP contribution in [0.5, 0.6) is 0 Å². The van der Waals surface area contributed by atoms with Crippen LogP contribution >= 0.6 is 0 Å². The lowest BCUT2D eigenvalue weighted by atomic mass is 9.98. The standard InChI is InChI=1S/C65H108O12/c1-4-7-10-13-16-19-22-25-28-29-32-33-36-39-42-45-48-51-57(66)73-54-56(75-58(67)52-49-46-43-40-37-34-30-26-23-20-17-14-11-8-5-2)55-74-65-63(61(70)60(69)62(77-65)64(71)72)76-59(68)53-50-47-44-41-38-35-31-27-24-21-18-15-12-9-6-3/h7,10,16-17,19-20,25-28,30-33,56,60-63,65,69-70H,4-6,8-9,11-15,18,21-24,29,34-55H2,1-3H3,(H,71,72)/b10-7-,19-16-,20-17-,28-25-,30-26-,31-27-,33-32-. The molecule has 440 valence electrons. The molecule has 0 aromatic carbocycles. The Morgan fingerprint density at radius 1 is 0.442 bits per heavy atom. The number of ether oxygens (including phenoxy) is 5. The molecule has 1 rings (SSSR count). The van der Waals surface area contributed by atoms with Crippen LogP contribution in [0.2, 0.25) is 0 Å². The molecule has 12 heteroatoms. The molecule has 0 spiro atoms. The van der Waals surface area contributed by atoms with Gasteiger partial charge in [0.25, 0.3) is 0 Å². The molecule has 6 atom stereocenters. The second-order valence-electron chi connectivity index (χ2n) is 20.6. The van der Waals surface area contributed by atoms with Crippen LogP contribution < -0.4 is 0 Å². The molecule has 0 aromatic rings. The highest BCUT2D eigenvalue weighted by Crippen LogP contribution is 2.26. The molecule has 0 amide bonds. The zero-order valence-electron chi connectivity index (χ0n) is 48.4. The molecule has 0 aliphatic carbocycles. The lowest BCUT2D eigenvalue weighted by molar-refractivity contribution is -0.301. The molecule has 3 N–H and O–H groups in total. The molecule has 1 heterocycles. The Bertz CT molecular complexity index is 1660. The number of allylic oxidation sites excluding steroid dienone is 14. The number of aliphatic hydroxyl groups is 2. The van der Waals surface area contributed by atoms with Gasteiger partial charge in [0.15, 0.2) is 24.6 Å². The van der Waals surface area contributed by atoms with Crippen molar-refractivity contribution in [3.8, 4) is 0 Å². The fraction of sp³-hybridized carbons (Fsp3) is 0.723. The maximum atomic E-state index is 13.2. The molecule has 1 fully saturated rings. The minimum Gasteiger partial charge on any atom is -0.479 e. The summed E-state index contributed by atoms with van der Waals surface area (Å²) in [4.78, 5) is 51.2. The zero-order chi connectivity index (χ0) is 56.1. The predicted molar refractivity (Wildman–Crippen MR) is 312 cm³/mol. The average molecular weight is 1080 g/mol. The smallest absolute Gasteiger partial charge is 0.335 e. The van der Waals surface area contributed by atoms with E-state index in [4.69, 9.17) is 23.7 Å². The molecule has 1 saturated heterocycles. The van der Waals surface area contributed by atoms with E-state index in [1.165, 1.54) is 57.8 Å². The van der Waals surface area contributed by atoms with Gasteiger partial charge in [0.05, 0.1) is 6.61 Å². The Morgan fingerprint density at radius 2 is 0.818 bits per heavy atom. The molecule has 1 aliphatic heterocycles. The van der Waals surface area contributed by atoms with Gasteiger partial charge in [-0.15, -0.1) is 0 Å². The van der Waals surface area contributed by atoms with Gasteiger partial charge in [-0.05, 0) is 116 Å². The van der Waals surface area contributed by atoms with Crippen molar-refractivity contribution in [2.75, 3.05) is 13.2 Å². The first kappa shape index (κ1) is 70.9. The lowest BCUT2D eigenvalue weighted by Crippen LogP contribution is -2.61. The zero-order valence-corrected chi connectivity index (χ0v) is 48.4. The van der Waals surface area contributed by atoms with Gasteiger partial charge in [-0.25, -0.2) is 4.79 Å². The summed E-state index contributed by atoms with van der Waals surface area (Å²) >= 11 is 0. The largest absolute Gasteiger partial charge is 0.479 e. The van der Waals surface area contributed by atoms with E-state index < -0.39 is 67.3 Å². The monoisotopic (exact) mass is 1080 g/mol. The maximum absolute atomic E-state index is 13.2. The molecule has 6 unspecified atom stereocenters. The third kappa shape index (κ3) is 42.5. The summed E-state index contributed by atoms with van der Waals surface area (Å²) in [5.74, 6) is -3.18. The summed E-state index contributed by atoms with van der Waals surface area (Å²) in [6.45, 7) is 5.82. The van der Waals surface area contributed by atoms with E-state index in [2.05, 4.69) is 106 Å². The Morgan fingerprint density at radius 3 is 1.29 bits per heavy atom. The minimum atomic E-state index is -1.91. The van der Waals surface area contributed by atoms with E-state index >= 15 is 0 Å². The molecular formula is C65H108O12. The van der Waals surface area contributed by atoms with Gasteiger partial charge in [-0.3, -0.25) is 14.4 Å². The summed E-state index contributed by atoms with van der Waals surface area (Å²) in [6, 6.07) is 0. The van der Waals surface area contributed by atoms with Crippen molar-refractivity contribution in [2.24, 2.45) is 0 Å². The first-order valence-electron chi connectivity index (χ1n) is 30.6. The molecular weight excluding hydrogens is 973 g/mol. The van der Waals surface area contributed by atoms with Crippen LogP contribution in [0.1, 0.15) is 252 Å². The van der Waals surface area contributed by atoms with Crippen LogP contribution in [0.25, 0.3) is 0 Å². The Hall–Kier alpha value is -4.10. The van der Waals surface area contributed by atoms with E-state index in [0.29, 0.717) is 19.3 Å². The third-order valence-corrected chi connectivity index (χ3v) is 13.4. The first-order valence-corrected chi connectivity index (χ1v) is 30.6. The van der Waals surface area contributed by atoms with Crippen LogP contribution in [0.4, 0.5) is 0 Å². The molecule has 0 aromatic heterocycles. The van der Waals surface area contributed by atoms with E-state index in [0.717, 1.165) is 135 Å². The molecule has 77 heavy (non-hydrogen) atoms. The van der Waals surface area contributed by atoms with E-state index in [1.807, 2.05) is 0 Å². The number of rotatable bonds is 51. The van der Waals surface area contributed by atoms with Crippen LogP contribution in [0.3, 0.4) is 0 Å². The van der Waals surface area contributed by atoms with Crippen LogP contribution in [-0.2, 0) is 42.9 Å². The van der Waals surface area contributed by atoms with Gasteiger partial charge in [-0.2, -0.15) is 0 Å². The maximum Gasteiger partial charge on any atom is 0.335 e. The third-order valence-electron chi connectivity index (χ3n) is 13.4. The normalized spacial score (nSPS) is 18.6. The number of carboxylic acids is 1. The number of carbonyl (C=O) groups is 4. The number of hydrogen-bond acceptors (Lipinski definition) is 11. The van der Waals surface area contributed by atoms with Gasteiger partial charge in [-0.1, -0.05) is 202 Å². The predicted octanol–water partition coefficient (Wildman–Crippen LogP) is 15.9. The van der Waals surface area contributed by atoms with Crippen molar-refractivity contribution in [2.45, 2.75) is 289 Å². The minimum absolute atomic E-state index is 0.0439. The van der Waals surface area contributed by atoms with E-state index in [1.54, 1.807) is 0 Å². The van der Waals surface area contributed by atoms with E-state index in [9.17, 15) is 34.5 Å². The Labute approximate surface area is 467 Å². The van der Waals surface area contributed by atoms with Crippen molar-refractivity contribution < 1.29 is 58.2 Å². The molecule has 0 saturated carbocycles. The summed E-state index contributed by atoms with van der Waals surface area (Å²) in [5.41, 5.74) is 0. The number of carbonyl (C=O) groups excluding carboxylic acids is 3. The van der Waals surface area contributed by atoms with Crippen molar-refractivity contribution in [1.82, 2.24) is 0 Å². The van der Waals surface area contributed by atoms with Crippen molar-refractivity contribution in [3.63, 3.8) is 0 Å². The van der Waals surface area contributed by atoms with Gasteiger partial charge in [0.1, 0.15) is 18.8 Å². The SMILES string of the molecule is CC/C=C\C/C=C\C/C=C\C/C=C\CCCCCCC(=O)OCC(COC1OC(C(=O)O)C(O)C(O)C1OC(=O)CCCCCCC/C=C\CCCCCCCC)OC(=O)CCCCCCC/C=C\C/C=C\CCCCC. The van der Waals surface area contributed by atoms with Gasteiger partial charge >= 0.3 is 23.9 Å². The second-order valence-corrected chi connectivity index (χ2v) is 20.6. The average Bonchev–Trinajstić information content (AvgIpc) is 3.42. The van der Waals surface area contributed by atoms with Crippen LogP contribution in [0, 0.1) is 0 Å². The van der Waals surface area contributed by atoms with Crippen molar-refractivity contribution in [3.05, 3.63) is 85.1 Å². The highest BCUT2D eigenvalue weighted by molar-refractivity contribution is 5.74. The highest BCUT2D eigenvalue weighted by atomic mass is 16.7. The lowest BCUT2D eigenvalue weighted by Gasteiger charge is -2.40. The number of aliphatic carboxylic acids is 1. The van der Waals surface area contributed by atoms with Gasteiger partial charge in [0, 0.05) is 19.3 Å². The fourth-order valence-electron chi connectivity index (χ4n) is 8.74. The second kappa shape index (κ2) is 52.6. The fourth-order valence-corrected chi connectivity index (χ4v) is 8.74. The Balaban J connectivity index is 2.72. The highest BCUT2D eigenvalue weighted by Gasteiger charge is 2.50.